The summed E-state index contributed by atoms with van der Waals surface area (Å²) in [4.78, 5) is 0. The summed E-state index contributed by atoms with van der Waals surface area (Å²) in [5.74, 6) is 1.18. The van der Waals surface area contributed by atoms with E-state index in [0.717, 1.165) is 33.9 Å². The first kappa shape index (κ1) is 15.7. The van der Waals surface area contributed by atoms with Gasteiger partial charge in [0.05, 0.1) is 11.6 Å². The number of hydrogen-bond donors (Lipinski definition) is 1. The number of benzene rings is 1. The van der Waals surface area contributed by atoms with Gasteiger partial charge in [-0.3, -0.25) is 0 Å². The van der Waals surface area contributed by atoms with Crippen molar-refractivity contribution in [1.82, 2.24) is 15.5 Å². The zero-order valence-corrected chi connectivity index (χ0v) is 14.7. The van der Waals surface area contributed by atoms with Crippen molar-refractivity contribution in [2.75, 3.05) is 6.54 Å². The van der Waals surface area contributed by atoms with Crippen LogP contribution < -0.4 is 5.32 Å². The molecule has 2 aromatic rings. The molecule has 20 heavy (non-hydrogen) atoms. The van der Waals surface area contributed by atoms with Gasteiger partial charge in [-0.2, -0.15) is 0 Å². The third kappa shape index (κ3) is 3.68. The minimum atomic E-state index is 0.116. The molecule has 0 radical (unpaired) electrons. The van der Waals surface area contributed by atoms with E-state index in [9.17, 15) is 0 Å². The first-order valence-corrected chi connectivity index (χ1v) is 8.26. The fourth-order valence-electron chi connectivity index (χ4n) is 1.87. The molecule has 0 saturated carbocycles. The van der Waals surface area contributed by atoms with Crippen molar-refractivity contribution in [3.05, 3.63) is 33.0 Å². The van der Waals surface area contributed by atoms with E-state index in [-0.39, 0.29) is 6.04 Å². The number of nitrogens with one attached hydrogen (secondary N) is 1. The van der Waals surface area contributed by atoms with Crippen molar-refractivity contribution in [1.29, 1.82) is 0 Å². The summed E-state index contributed by atoms with van der Waals surface area (Å²) in [7, 11) is 0. The quantitative estimate of drug-likeness (QED) is 0.759. The Labute approximate surface area is 135 Å². The monoisotopic (exact) mass is 401 g/mol. The second-order valence-corrected chi connectivity index (χ2v) is 6.25. The van der Waals surface area contributed by atoms with E-state index < -0.39 is 0 Å². The zero-order valence-electron chi connectivity index (χ0n) is 11.5. The third-order valence-corrected chi connectivity index (χ3v) is 4.10. The van der Waals surface area contributed by atoms with Crippen molar-refractivity contribution < 1.29 is 4.42 Å². The van der Waals surface area contributed by atoms with Gasteiger partial charge in [0.15, 0.2) is 0 Å². The Hall–Kier alpha value is -0.720. The molecule has 0 saturated heterocycles. The molecule has 0 aliphatic rings. The minimum Gasteiger partial charge on any atom is -0.419 e. The lowest BCUT2D eigenvalue weighted by atomic mass is 10.2. The number of rotatable bonds is 6. The van der Waals surface area contributed by atoms with E-state index in [0.29, 0.717) is 11.8 Å². The van der Waals surface area contributed by atoms with Crippen LogP contribution in [0.3, 0.4) is 0 Å². The van der Waals surface area contributed by atoms with Gasteiger partial charge in [0.2, 0.25) is 11.8 Å². The SMILES string of the molecule is CCCNC(CC)c1nnc(-c2ccc(Br)cc2Br)o1. The van der Waals surface area contributed by atoms with E-state index in [1.807, 2.05) is 18.2 Å². The van der Waals surface area contributed by atoms with Gasteiger partial charge in [0.1, 0.15) is 0 Å². The van der Waals surface area contributed by atoms with E-state index in [2.05, 4.69) is 61.2 Å². The summed E-state index contributed by atoms with van der Waals surface area (Å²) in [5, 5.41) is 11.7. The Morgan fingerprint density at radius 3 is 2.70 bits per heavy atom. The van der Waals surface area contributed by atoms with Crippen LogP contribution in [-0.4, -0.2) is 16.7 Å². The molecular weight excluding hydrogens is 386 g/mol. The van der Waals surface area contributed by atoms with Gasteiger partial charge in [0.25, 0.3) is 0 Å². The Bertz CT molecular complexity index is 571. The van der Waals surface area contributed by atoms with Crippen LogP contribution in [0.4, 0.5) is 0 Å². The molecule has 0 bridgehead atoms. The molecule has 0 aliphatic heterocycles. The van der Waals surface area contributed by atoms with E-state index in [4.69, 9.17) is 4.42 Å². The lowest BCUT2D eigenvalue weighted by Crippen LogP contribution is -2.21. The second-order valence-electron chi connectivity index (χ2n) is 4.48. The molecule has 2 rings (SSSR count). The Kier molecular flexibility index (Phi) is 5.74. The lowest BCUT2D eigenvalue weighted by molar-refractivity contribution is 0.396. The second kappa shape index (κ2) is 7.33. The van der Waals surface area contributed by atoms with Crippen molar-refractivity contribution in [3.8, 4) is 11.5 Å². The molecule has 1 N–H and O–H groups in total. The number of halogens is 2. The van der Waals surface area contributed by atoms with Gasteiger partial charge >= 0.3 is 0 Å². The molecule has 4 nitrogen and oxygen atoms in total. The molecule has 1 aromatic heterocycles. The summed E-state index contributed by atoms with van der Waals surface area (Å²) in [6, 6.07) is 5.99. The fourth-order valence-corrected chi connectivity index (χ4v) is 3.09. The molecule has 1 aromatic carbocycles. The van der Waals surface area contributed by atoms with Crippen LogP contribution in [0.2, 0.25) is 0 Å². The smallest absolute Gasteiger partial charge is 0.248 e. The molecule has 108 valence electrons. The van der Waals surface area contributed by atoms with Crippen LogP contribution in [-0.2, 0) is 0 Å². The predicted molar refractivity (Wildman–Crippen MR) is 86.5 cm³/mol. The minimum absolute atomic E-state index is 0.116. The Morgan fingerprint density at radius 2 is 2.05 bits per heavy atom. The van der Waals surface area contributed by atoms with Gasteiger partial charge < -0.3 is 9.73 Å². The van der Waals surface area contributed by atoms with Crippen LogP contribution in [0.25, 0.3) is 11.5 Å². The maximum absolute atomic E-state index is 5.81. The van der Waals surface area contributed by atoms with Gasteiger partial charge in [-0.25, -0.2) is 0 Å². The molecule has 1 heterocycles. The molecule has 0 amide bonds. The van der Waals surface area contributed by atoms with Crippen LogP contribution in [0.15, 0.2) is 31.6 Å². The van der Waals surface area contributed by atoms with Crippen LogP contribution in [0.5, 0.6) is 0 Å². The normalized spacial score (nSPS) is 12.6. The first-order chi connectivity index (χ1) is 9.65. The molecule has 1 atom stereocenters. The van der Waals surface area contributed by atoms with Crippen molar-refractivity contribution in [2.45, 2.75) is 32.7 Å². The fraction of sp³-hybridized carbons (Fsp3) is 0.429. The van der Waals surface area contributed by atoms with Crippen LogP contribution >= 0.6 is 31.9 Å². The van der Waals surface area contributed by atoms with Crippen molar-refractivity contribution in [3.63, 3.8) is 0 Å². The molecule has 0 spiro atoms. The zero-order chi connectivity index (χ0) is 14.5. The molecule has 1 unspecified atom stereocenters. The number of hydrogen-bond acceptors (Lipinski definition) is 4. The van der Waals surface area contributed by atoms with E-state index in [1.54, 1.807) is 0 Å². The predicted octanol–water partition coefficient (Wildman–Crippen LogP) is 4.71. The number of nitrogens with zero attached hydrogens (tertiary/aromatic N) is 2. The summed E-state index contributed by atoms with van der Waals surface area (Å²) in [6.07, 6.45) is 2.00. The van der Waals surface area contributed by atoms with E-state index in [1.165, 1.54) is 0 Å². The van der Waals surface area contributed by atoms with Gasteiger partial charge in [0, 0.05) is 8.95 Å². The highest BCUT2D eigenvalue weighted by atomic mass is 79.9. The maximum atomic E-state index is 5.81. The van der Waals surface area contributed by atoms with Crippen LogP contribution in [0, 0.1) is 0 Å². The maximum Gasteiger partial charge on any atom is 0.248 e. The highest BCUT2D eigenvalue weighted by Gasteiger charge is 2.18. The lowest BCUT2D eigenvalue weighted by Gasteiger charge is -2.11. The summed E-state index contributed by atoms with van der Waals surface area (Å²) < 4.78 is 7.74. The average Bonchev–Trinajstić information content (AvgIpc) is 2.89. The average molecular weight is 403 g/mol. The molecule has 0 aliphatic carbocycles. The standard InChI is InChI=1S/C14H17Br2N3O/c1-3-7-17-12(4-2)14-19-18-13(20-14)10-6-5-9(15)8-11(10)16/h5-6,8,12,17H,3-4,7H2,1-2H3. The van der Waals surface area contributed by atoms with Crippen molar-refractivity contribution >= 4 is 31.9 Å². The number of aromatic nitrogens is 2. The molecule has 6 heteroatoms. The molecular formula is C14H17Br2N3O. The Balaban J connectivity index is 2.23. The van der Waals surface area contributed by atoms with E-state index >= 15 is 0 Å². The summed E-state index contributed by atoms with van der Waals surface area (Å²) in [5.41, 5.74) is 0.900. The van der Waals surface area contributed by atoms with Gasteiger partial charge in [-0.05, 0) is 53.5 Å². The highest BCUT2D eigenvalue weighted by molar-refractivity contribution is 9.11. The molecule has 0 fully saturated rings. The topological polar surface area (TPSA) is 51.0 Å². The van der Waals surface area contributed by atoms with Crippen LogP contribution in [0.1, 0.15) is 38.6 Å². The van der Waals surface area contributed by atoms with Crippen molar-refractivity contribution in [2.24, 2.45) is 0 Å². The third-order valence-electron chi connectivity index (χ3n) is 2.95. The highest BCUT2D eigenvalue weighted by Crippen LogP contribution is 2.30. The first-order valence-electron chi connectivity index (χ1n) is 6.67. The van der Waals surface area contributed by atoms with Gasteiger partial charge in [-0.1, -0.05) is 29.8 Å². The van der Waals surface area contributed by atoms with Gasteiger partial charge in [-0.15, -0.1) is 10.2 Å². The summed E-state index contributed by atoms with van der Waals surface area (Å²) in [6.45, 7) is 5.18. The largest absolute Gasteiger partial charge is 0.419 e. The Morgan fingerprint density at radius 1 is 1.25 bits per heavy atom. The summed E-state index contributed by atoms with van der Waals surface area (Å²) >= 11 is 6.95.